The Morgan fingerprint density at radius 2 is 1.81 bits per heavy atom. The van der Waals surface area contributed by atoms with Gasteiger partial charge in [-0.05, 0) is 44.0 Å². The average molecular weight is 829 g/mol. The zero-order valence-corrected chi connectivity index (χ0v) is 33.9. The molecule has 17 heteroatoms. The van der Waals surface area contributed by atoms with E-state index in [2.05, 4.69) is 15.2 Å². The molecule has 3 amide bonds. The van der Waals surface area contributed by atoms with Gasteiger partial charge in [-0.15, -0.1) is 5.10 Å². The first-order valence-corrected chi connectivity index (χ1v) is 20.0. The minimum atomic E-state index is -1.05. The second-order valence-corrected chi connectivity index (χ2v) is 15.9. The number of rotatable bonds is 11. The van der Waals surface area contributed by atoms with Gasteiger partial charge in [-0.25, -0.2) is 19.3 Å². The average Bonchev–Trinajstić information content (AvgIpc) is 3.80. The first-order chi connectivity index (χ1) is 28.0. The summed E-state index contributed by atoms with van der Waals surface area (Å²) in [7, 11) is 1.50. The lowest BCUT2D eigenvalue weighted by Gasteiger charge is -2.46. The van der Waals surface area contributed by atoms with Crippen LogP contribution in [-0.2, 0) is 22.7 Å². The summed E-state index contributed by atoms with van der Waals surface area (Å²) in [5, 5.41) is 18.7. The maximum atomic E-state index is 12.4. The third-order valence-corrected chi connectivity index (χ3v) is 12.0. The number of carboxylic acid groups (broad SMARTS) is 1. The topological polar surface area (TPSA) is 168 Å². The van der Waals surface area contributed by atoms with Crippen molar-refractivity contribution in [2.45, 2.75) is 52.2 Å². The monoisotopic (exact) mass is 827 g/mol. The van der Waals surface area contributed by atoms with Crippen molar-refractivity contribution in [3.05, 3.63) is 76.3 Å². The van der Waals surface area contributed by atoms with Gasteiger partial charge in [0, 0.05) is 97.7 Å². The number of nitrogens with one attached hydrogen (secondary N) is 1. The van der Waals surface area contributed by atoms with E-state index in [-0.39, 0.29) is 35.7 Å². The number of likely N-dealkylation sites (tertiary alicyclic amines) is 2. The smallest absolute Gasteiger partial charge is 0.407 e. The second-order valence-electron chi connectivity index (χ2n) is 15.1. The van der Waals surface area contributed by atoms with Crippen LogP contribution in [0.4, 0.5) is 4.79 Å². The van der Waals surface area contributed by atoms with E-state index >= 15 is 0 Å². The zero-order chi connectivity index (χ0) is 40.7. The van der Waals surface area contributed by atoms with Gasteiger partial charge in [-0.3, -0.25) is 19.5 Å². The number of hydrogen-bond acceptors (Lipinski definition) is 10. The normalized spacial score (nSPS) is 16.7. The van der Waals surface area contributed by atoms with E-state index < -0.39 is 6.09 Å². The number of nitrogens with zero attached hydrogens (tertiary/aromatic N) is 8. The summed E-state index contributed by atoms with van der Waals surface area (Å²) in [4.78, 5) is 55.6. The molecule has 3 fully saturated rings. The molecule has 0 bridgehead atoms. The van der Waals surface area contributed by atoms with Crippen molar-refractivity contribution in [1.82, 2.24) is 44.6 Å². The molecule has 0 aliphatic carbocycles. The van der Waals surface area contributed by atoms with Crippen LogP contribution in [0, 0.1) is 5.41 Å². The van der Waals surface area contributed by atoms with Crippen molar-refractivity contribution < 1.29 is 29.0 Å². The number of pyridine rings is 3. The number of halogens is 2. The number of carbonyl (C=O) groups is 3. The lowest BCUT2D eigenvalue weighted by atomic mass is 9.79. The molecule has 0 radical (unpaired) electrons. The van der Waals surface area contributed by atoms with Gasteiger partial charge in [0.15, 0.2) is 17.2 Å². The molecule has 0 atom stereocenters. The molecule has 0 unspecified atom stereocenters. The van der Waals surface area contributed by atoms with E-state index in [9.17, 15) is 19.5 Å². The van der Waals surface area contributed by atoms with Crippen molar-refractivity contribution in [3.8, 4) is 45.3 Å². The zero-order valence-electron chi connectivity index (χ0n) is 32.4. The second kappa shape index (κ2) is 16.0. The number of methoxy groups -OCH3 is 1. The Morgan fingerprint density at radius 1 is 1.05 bits per heavy atom. The summed E-state index contributed by atoms with van der Waals surface area (Å²) >= 11 is 14.3. The van der Waals surface area contributed by atoms with Crippen LogP contribution < -0.4 is 14.8 Å². The number of ether oxygens (including phenoxy) is 2. The van der Waals surface area contributed by atoms with Crippen molar-refractivity contribution in [2.24, 2.45) is 5.41 Å². The molecular weight excluding hydrogens is 785 g/mol. The van der Waals surface area contributed by atoms with Crippen LogP contribution in [0.2, 0.25) is 10.0 Å². The van der Waals surface area contributed by atoms with Crippen molar-refractivity contribution in [1.29, 1.82) is 0 Å². The van der Waals surface area contributed by atoms with Crippen molar-refractivity contribution >= 4 is 46.8 Å². The lowest BCUT2D eigenvalue weighted by Crippen LogP contribution is -2.56. The molecule has 1 aromatic carbocycles. The number of piperidine rings is 1. The maximum Gasteiger partial charge on any atom is 0.407 e. The van der Waals surface area contributed by atoms with Crippen LogP contribution in [0.1, 0.15) is 44.5 Å². The molecule has 7 heterocycles. The van der Waals surface area contributed by atoms with Gasteiger partial charge in [0.05, 0.1) is 48.2 Å². The van der Waals surface area contributed by atoms with Gasteiger partial charge in [0.2, 0.25) is 17.7 Å². The molecule has 3 aliphatic rings. The SMILES string of the molecule is CCOc1cc(-c2nccc(-c3cccc(-c4ccc(CN(C(=O)O)C5CCN(C(C)=O)CC5)c(OC)n4)c3Cl)c2Cl)cn2nc(CN3CC4(CNC(=O)C4)C3)nc12. The van der Waals surface area contributed by atoms with E-state index in [4.69, 9.17) is 47.7 Å². The Balaban J connectivity index is 1.05. The fourth-order valence-corrected chi connectivity index (χ4v) is 9.03. The predicted molar refractivity (Wildman–Crippen MR) is 217 cm³/mol. The van der Waals surface area contributed by atoms with E-state index in [1.807, 2.05) is 37.4 Å². The van der Waals surface area contributed by atoms with Crippen LogP contribution in [-0.4, -0.2) is 115 Å². The lowest BCUT2D eigenvalue weighted by molar-refractivity contribution is -0.130. The minimum Gasteiger partial charge on any atom is -0.490 e. The summed E-state index contributed by atoms with van der Waals surface area (Å²) < 4.78 is 13.4. The highest BCUT2D eigenvalue weighted by Gasteiger charge is 2.48. The Kier molecular flexibility index (Phi) is 10.9. The Labute approximate surface area is 344 Å². The van der Waals surface area contributed by atoms with Crippen molar-refractivity contribution in [3.63, 3.8) is 0 Å². The third-order valence-electron chi connectivity index (χ3n) is 11.2. The number of carbonyl (C=O) groups excluding carboxylic acids is 2. The summed E-state index contributed by atoms with van der Waals surface area (Å²) in [6, 6.07) is 12.6. The van der Waals surface area contributed by atoms with Gasteiger partial charge in [0.25, 0.3) is 0 Å². The molecule has 3 saturated heterocycles. The molecule has 1 spiro atoms. The molecule has 3 aliphatic heterocycles. The molecule has 302 valence electrons. The Bertz CT molecular complexity index is 2410. The molecule has 4 aromatic heterocycles. The quantitative estimate of drug-likeness (QED) is 0.159. The van der Waals surface area contributed by atoms with Crippen LogP contribution in [0.3, 0.4) is 0 Å². The third kappa shape index (κ3) is 7.61. The van der Waals surface area contributed by atoms with Gasteiger partial charge >= 0.3 is 6.09 Å². The highest BCUT2D eigenvalue weighted by molar-refractivity contribution is 6.39. The van der Waals surface area contributed by atoms with E-state index in [0.29, 0.717) is 119 Å². The Hall–Kier alpha value is -5.51. The molecular formula is C41H43Cl2N9O6. The predicted octanol–water partition coefficient (Wildman–Crippen LogP) is 6.05. The molecule has 8 rings (SSSR count). The number of fused-ring (bicyclic) bond motifs is 1. The summed E-state index contributed by atoms with van der Waals surface area (Å²) in [5.74, 6) is 1.56. The number of amides is 3. The first-order valence-electron chi connectivity index (χ1n) is 19.2. The van der Waals surface area contributed by atoms with Crippen molar-refractivity contribution in [2.75, 3.05) is 46.4 Å². The molecule has 0 saturated carbocycles. The molecule has 58 heavy (non-hydrogen) atoms. The van der Waals surface area contributed by atoms with Gasteiger partial charge < -0.3 is 29.7 Å². The van der Waals surface area contributed by atoms with Crippen LogP contribution in [0.5, 0.6) is 11.6 Å². The number of hydrogen-bond donors (Lipinski definition) is 2. The van der Waals surface area contributed by atoms with E-state index in [1.54, 1.807) is 33.8 Å². The summed E-state index contributed by atoms with van der Waals surface area (Å²) in [6.45, 7) is 7.82. The largest absolute Gasteiger partial charge is 0.490 e. The van der Waals surface area contributed by atoms with Gasteiger partial charge in [-0.2, -0.15) is 0 Å². The van der Waals surface area contributed by atoms with Gasteiger partial charge in [-0.1, -0.05) is 41.4 Å². The van der Waals surface area contributed by atoms with Crippen LogP contribution in [0.15, 0.2) is 54.9 Å². The molecule has 15 nitrogen and oxygen atoms in total. The standard InChI is InChI=1S/C41H43Cl2N9O6/c1-4-58-32-16-26(19-52-38(32)47-33(48-52)20-49-22-41(23-49)17-34(54)45-21-41)37-36(43)29(10-13-44-37)28-6-5-7-30(35(28)42)31-9-8-25(39(46-31)57-3)18-51(40(55)56)27-11-14-50(15-12-27)24(2)53/h5-10,13,16,19,27H,4,11-12,14-15,17-18,20-23H2,1-3H3,(H,45,54)(H,55,56). The van der Waals surface area contributed by atoms with Gasteiger partial charge in [0.1, 0.15) is 0 Å². The maximum absolute atomic E-state index is 12.4. The summed E-state index contributed by atoms with van der Waals surface area (Å²) in [5.41, 5.74) is 4.84. The highest BCUT2D eigenvalue weighted by atomic mass is 35.5. The fourth-order valence-electron chi connectivity index (χ4n) is 8.38. The summed E-state index contributed by atoms with van der Waals surface area (Å²) in [6.07, 6.45) is 4.12. The number of benzene rings is 1. The van der Waals surface area contributed by atoms with Crippen LogP contribution >= 0.6 is 23.2 Å². The molecule has 2 N–H and O–H groups in total. The highest BCUT2D eigenvalue weighted by Crippen LogP contribution is 2.43. The Morgan fingerprint density at radius 3 is 2.50 bits per heavy atom. The first kappa shape index (κ1) is 39.3. The van der Waals surface area contributed by atoms with E-state index in [1.165, 1.54) is 18.9 Å². The van der Waals surface area contributed by atoms with E-state index in [0.717, 1.165) is 13.1 Å². The molecule has 5 aromatic rings. The fraction of sp³-hybridized carbons (Fsp3) is 0.390. The minimum absolute atomic E-state index is 0.00705. The van der Waals surface area contributed by atoms with Crippen LogP contribution in [0.25, 0.3) is 39.3 Å². The number of aromatic nitrogens is 5.